The minimum absolute atomic E-state index is 0.508. The van der Waals surface area contributed by atoms with Gasteiger partial charge in [-0.25, -0.2) is 0 Å². The zero-order valence-corrected chi connectivity index (χ0v) is 14.8. The summed E-state index contributed by atoms with van der Waals surface area (Å²) < 4.78 is 10.9. The molecule has 0 spiro atoms. The molecule has 1 aliphatic heterocycles. The summed E-state index contributed by atoms with van der Waals surface area (Å²) in [5.74, 6) is 0. The molecule has 0 amide bonds. The standard InChI is InChI=1S/C18H36O5/c1-3-4-5-6-7-8-9-10-11-12-13-22-18-17(21)16(20)15(19)14(2)23-18/h14-21H,3-13H2,1-2H3/t14-,15-,16+,17+,18-/m0/s1. The Hall–Kier alpha value is -0.200. The zero-order chi connectivity index (χ0) is 17.1. The normalized spacial score (nSPS) is 31.4. The second-order valence-corrected chi connectivity index (χ2v) is 6.73. The van der Waals surface area contributed by atoms with Gasteiger partial charge < -0.3 is 24.8 Å². The average Bonchev–Trinajstić information content (AvgIpc) is 2.55. The van der Waals surface area contributed by atoms with Crippen LogP contribution in [0.4, 0.5) is 0 Å². The van der Waals surface area contributed by atoms with Crippen molar-refractivity contribution in [3.63, 3.8) is 0 Å². The quantitative estimate of drug-likeness (QED) is 0.479. The number of hydrogen-bond donors (Lipinski definition) is 3. The number of ether oxygens (including phenoxy) is 2. The molecule has 3 N–H and O–H groups in total. The first kappa shape index (κ1) is 20.8. The molecule has 5 heteroatoms. The maximum absolute atomic E-state index is 9.83. The van der Waals surface area contributed by atoms with Gasteiger partial charge in [0.1, 0.15) is 18.3 Å². The van der Waals surface area contributed by atoms with Gasteiger partial charge in [-0.1, -0.05) is 64.7 Å². The van der Waals surface area contributed by atoms with Crippen LogP contribution in [0.15, 0.2) is 0 Å². The third kappa shape index (κ3) is 7.94. The summed E-state index contributed by atoms with van der Waals surface area (Å²) in [7, 11) is 0. The number of aliphatic hydroxyl groups excluding tert-OH is 3. The summed E-state index contributed by atoms with van der Waals surface area (Å²) in [5.41, 5.74) is 0. The molecule has 1 rings (SSSR count). The van der Waals surface area contributed by atoms with E-state index in [2.05, 4.69) is 6.92 Å². The van der Waals surface area contributed by atoms with Crippen molar-refractivity contribution in [2.75, 3.05) is 6.61 Å². The highest BCUT2D eigenvalue weighted by Crippen LogP contribution is 2.22. The van der Waals surface area contributed by atoms with Gasteiger partial charge >= 0.3 is 0 Å². The van der Waals surface area contributed by atoms with Crippen LogP contribution in [0.25, 0.3) is 0 Å². The van der Waals surface area contributed by atoms with Gasteiger partial charge in [-0.15, -0.1) is 0 Å². The molecule has 0 saturated carbocycles. The predicted molar refractivity (Wildman–Crippen MR) is 90.2 cm³/mol. The summed E-state index contributed by atoms with van der Waals surface area (Å²) in [6, 6.07) is 0. The van der Waals surface area contributed by atoms with E-state index in [0.29, 0.717) is 6.61 Å². The first-order valence-electron chi connectivity index (χ1n) is 9.39. The van der Waals surface area contributed by atoms with Crippen LogP contribution < -0.4 is 0 Å². The van der Waals surface area contributed by atoms with Crippen LogP contribution >= 0.6 is 0 Å². The predicted octanol–water partition coefficient (Wildman–Crippen LogP) is 2.75. The van der Waals surface area contributed by atoms with Crippen molar-refractivity contribution in [2.45, 2.75) is 109 Å². The zero-order valence-electron chi connectivity index (χ0n) is 14.8. The lowest BCUT2D eigenvalue weighted by Crippen LogP contribution is -2.57. The Bertz CT molecular complexity index is 287. The van der Waals surface area contributed by atoms with E-state index in [-0.39, 0.29) is 0 Å². The van der Waals surface area contributed by atoms with Crippen LogP contribution in [0.3, 0.4) is 0 Å². The third-order valence-electron chi connectivity index (χ3n) is 4.59. The average molecular weight is 332 g/mol. The molecule has 0 aromatic rings. The Morgan fingerprint density at radius 3 is 1.83 bits per heavy atom. The fourth-order valence-electron chi connectivity index (χ4n) is 2.94. The highest BCUT2D eigenvalue weighted by molar-refractivity contribution is 4.87. The second-order valence-electron chi connectivity index (χ2n) is 6.73. The van der Waals surface area contributed by atoms with Crippen LogP contribution in [0.1, 0.15) is 78.1 Å². The van der Waals surface area contributed by atoms with Gasteiger partial charge in [0.15, 0.2) is 6.29 Å². The molecular weight excluding hydrogens is 296 g/mol. The summed E-state index contributed by atoms with van der Waals surface area (Å²) in [5, 5.41) is 29.1. The second kappa shape index (κ2) is 12.2. The van der Waals surface area contributed by atoms with Crippen LogP contribution in [0.5, 0.6) is 0 Å². The fourth-order valence-corrected chi connectivity index (χ4v) is 2.94. The number of hydrogen-bond acceptors (Lipinski definition) is 5. The molecule has 1 heterocycles. The Kier molecular flexibility index (Phi) is 11.1. The van der Waals surface area contributed by atoms with Gasteiger partial charge in [0.05, 0.1) is 6.10 Å². The Labute approximate surface area is 141 Å². The van der Waals surface area contributed by atoms with Gasteiger partial charge in [-0.2, -0.15) is 0 Å². The smallest absolute Gasteiger partial charge is 0.186 e. The van der Waals surface area contributed by atoms with E-state index < -0.39 is 30.7 Å². The van der Waals surface area contributed by atoms with E-state index in [1.54, 1.807) is 6.92 Å². The molecule has 1 aliphatic rings. The number of unbranched alkanes of at least 4 members (excludes halogenated alkanes) is 9. The highest BCUT2D eigenvalue weighted by Gasteiger charge is 2.42. The van der Waals surface area contributed by atoms with Crippen LogP contribution in [0, 0.1) is 0 Å². The molecular formula is C18H36O5. The molecule has 23 heavy (non-hydrogen) atoms. The van der Waals surface area contributed by atoms with Crippen LogP contribution in [-0.4, -0.2) is 52.6 Å². The molecule has 5 nitrogen and oxygen atoms in total. The summed E-state index contributed by atoms with van der Waals surface area (Å²) in [6.45, 7) is 4.41. The van der Waals surface area contributed by atoms with Gasteiger partial charge in [0.2, 0.25) is 0 Å². The molecule has 5 atom stereocenters. The summed E-state index contributed by atoms with van der Waals surface area (Å²) in [4.78, 5) is 0. The minimum Gasteiger partial charge on any atom is -0.388 e. The lowest BCUT2D eigenvalue weighted by atomic mass is 10.00. The van der Waals surface area contributed by atoms with Crippen molar-refractivity contribution >= 4 is 0 Å². The topological polar surface area (TPSA) is 79.2 Å². The van der Waals surface area contributed by atoms with Gasteiger partial charge in [-0.05, 0) is 13.3 Å². The van der Waals surface area contributed by atoms with E-state index >= 15 is 0 Å². The maximum atomic E-state index is 9.83. The van der Waals surface area contributed by atoms with E-state index in [4.69, 9.17) is 9.47 Å². The fraction of sp³-hybridized carbons (Fsp3) is 1.00. The highest BCUT2D eigenvalue weighted by atomic mass is 16.7. The largest absolute Gasteiger partial charge is 0.388 e. The first-order chi connectivity index (χ1) is 11.1. The van der Waals surface area contributed by atoms with Gasteiger partial charge in [-0.3, -0.25) is 0 Å². The van der Waals surface area contributed by atoms with Crippen molar-refractivity contribution in [2.24, 2.45) is 0 Å². The van der Waals surface area contributed by atoms with E-state index in [1.165, 1.54) is 51.4 Å². The molecule has 0 radical (unpaired) electrons. The van der Waals surface area contributed by atoms with Gasteiger partial charge in [0, 0.05) is 6.61 Å². The molecule has 138 valence electrons. The minimum atomic E-state index is -1.21. The maximum Gasteiger partial charge on any atom is 0.186 e. The van der Waals surface area contributed by atoms with Crippen molar-refractivity contribution in [3.05, 3.63) is 0 Å². The van der Waals surface area contributed by atoms with E-state index in [9.17, 15) is 15.3 Å². The number of aliphatic hydroxyl groups is 3. The molecule has 0 aliphatic carbocycles. The molecule has 0 aromatic heterocycles. The van der Waals surface area contributed by atoms with Crippen molar-refractivity contribution in [3.8, 4) is 0 Å². The molecule has 0 unspecified atom stereocenters. The molecule has 1 saturated heterocycles. The summed E-state index contributed by atoms with van der Waals surface area (Å²) in [6.07, 6.45) is 7.72. The monoisotopic (exact) mass is 332 g/mol. The van der Waals surface area contributed by atoms with Crippen LogP contribution in [0.2, 0.25) is 0 Å². The van der Waals surface area contributed by atoms with Crippen molar-refractivity contribution in [1.29, 1.82) is 0 Å². The van der Waals surface area contributed by atoms with E-state index in [1.807, 2.05) is 0 Å². The molecule has 1 fully saturated rings. The Morgan fingerprint density at radius 2 is 1.26 bits per heavy atom. The SMILES string of the molecule is CCCCCCCCCCCCO[C@H]1O[C@@H](C)[C@H](O)[C@@H](O)[C@H]1O. The number of rotatable bonds is 12. The van der Waals surface area contributed by atoms with Gasteiger partial charge in [0.25, 0.3) is 0 Å². The van der Waals surface area contributed by atoms with E-state index in [0.717, 1.165) is 12.8 Å². The lowest BCUT2D eigenvalue weighted by molar-refractivity contribution is -0.293. The molecule has 0 bridgehead atoms. The Morgan fingerprint density at radius 1 is 0.739 bits per heavy atom. The lowest BCUT2D eigenvalue weighted by Gasteiger charge is -2.38. The molecule has 0 aromatic carbocycles. The first-order valence-corrected chi connectivity index (χ1v) is 9.39. The third-order valence-corrected chi connectivity index (χ3v) is 4.59. The summed E-state index contributed by atoms with van der Waals surface area (Å²) >= 11 is 0. The van der Waals surface area contributed by atoms with Crippen molar-refractivity contribution in [1.82, 2.24) is 0 Å². The van der Waals surface area contributed by atoms with Crippen LogP contribution in [-0.2, 0) is 9.47 Å². The van der Waals surface area contributed by atoms with Crippen molar-refractivity contribution < 1.29 is 24.8 Å². The Balaban J connectivity index is 1.96.